The molecule has 1 aliphatic heterocycles. The zero-order valence-corrected chi connectivity index (χ0v) is 12.0. The molecule has 0 N–H and O–H groups in total. The van der Waals surface area contributed by atoms with Crippen molar-refractivity contribution in [2.24, 2.45) is 5.92 Å². The van der Waals surface area contributed by atoms with Crippen LogP contribution < -0.4 is 4.87 Å². The number of piperidine rings is 1. The lowest BCUT2D eigenvalue weighted by Gasteiger charge is -2.30. The Labute approximate surface area is 111 Å². The van der Waals surface area contributed by atoms with Gasteiger partial charge in [-0.25, -0.2) is 0 Å². The Balaban J connectivity index is 2.05. The van der Waals surface area contributed by atoms with Crippen LogP contribution in [0.15, 0.2) is 4.79 Å². The highest BCUT2D eigenvalue weighted by Crippen LogP contribution is 2.17. The van der Waals surface area contributed by atoms with Crippen molar-refractivity contribution >= 4 is 17.2 Å². The van der Waals surface area contributed by atoms with Gasteiger partial charge < -0.3 is 4.90 Å². The maximum absolute atomic E-state index is 12.2. The van der Waals surface area contributed by atoms with Gasteiger partial charge in [0.15, 0.2) is 0 Å². The van der Waals surface area contributed by atoms with Crippen molar-refractivity contribution < 1.29 is 4.79 Å². The van der Waals surface area contributed by atoms with Crippen LogP contribution in [-0.2, 0) is 11.3 Å². The average molecular weight is 268 g/mol. The molecule has 0 aromatic carbocycles. The largest absolute Gasteiger partial charge is 0.341 e. The zero-order chi connectivity index (χ0) is 13.3. The van der Waals surface area contributed by atoms with Gasteiger partial charge in [-0.15, -0.1) is 0 Å². The van der Waals surface area contributed by atoms with Gasteiger partial charge in [-0.05, 0) is 32.6 Å². The third kappa shape index (κ3) is 2.66. The van der Waals surface area contributed by atoms with Crippen LogP contribution in [0.3, 0.4) is 0 Å². The average Bonchev–Trinajstić information content (AvgIpc) is 2.57. The Morgan fingerprint density at radius 3 is 2.44 bits per heavy atom. The summed E-state index contributed by atoms with van der Waals surface area (Å²) in [5.41, 5.74) is 0.920. The summed E-state index contributed by atoms with van der Waals surface area (Å²) in [4.78, 5) is 26.8. The fraction of sp³-hybridized carbons (Fsp3) is 0.692. The monoisotopic (exact) mass is 268 g/mol. The molecule has 18 heavy (non-hydrogen) atoms. The van der Waals surface area contributed by atoms with E-state index in [1.165, 1.54) is 11.3 Å². The molecule has 0 saturated carbocycles. The quantitative estimate of drug-likeness (QED) is 0.820. The van der Waals surface area contributed by atoms with Crippen LogP contribution in [-0.4, -0.2) is 28.5 Å². The minimum atomic E-state index is -0.0243. The molecule has 0 aliphatic carbocycles. The zero-order valence-electron chi connectivity index (χ0n) is 11.2. The maximum Gasteiger partial charge on any atom is 0.308 e. The summed E-state index contributed by atoms with van der Waals surface area (Å²) >= 11 is 1.22. The third-order valence-electron chi connectivity index (χ3n) is 3.80. The van der Waals surface area contributed by atoms with E-state index < -0.39 is 0 Å². The molecule has 1 saturated heterocycles. The van der Waals surface area contributed by atoms with E-state index in [4.69, 9.17) is 0 Å². The van der Waals surface area contributed by atoms with Crippen LogP contribution >= 0.6 is 11.3 Å². The Kier molecular flexibility index (Phi) is 3.90. The lowest BCUT2D eigenvalue weighted by molar-refractivity contribution is -0.133. The summed E-state index contributed by atoms with van der Waals surface area (Å²) in [6.45, 7) is 7.90. The van der Waals surface area contributed by atoms with E-state index in [2.05, 4.69) is 6.92 Å². The molecule has 1 fully saturated rings. The van der Waals surface area contributed by atoms with Gasteiger partial charge >= 0.3 is 4.87 Å². The lowest BCUT2D eigenvalue weighted by atomic mass is 9.99. The van der Waals surface area contributed by atoms with Crippen LogP contribution in [0.5, 0.6) is 0 Å². The summed E-state index contributed by atoms with van der Waals surface area (Å²) in [7, 11) is 0. The molecule has 5 heteroatoms. The number of carbonyl (C=O) groups excluding carboxylic acids is 1. The van der Waals surface area contributed by atoms with Crippen LogP contribution in [0.1, 0.15) is 30.3 Å². The van der Waals surface area contributed by atoms with E-state index in [1.807, 2.05) is 18.7 Å². The molecule has 1 amide bonds. The van der Waals surface area contributed by atoms with Gasteiger partial charge in [0.2, 0.25) is 5.91 Å². The number of rotatable bonds is 2. The third-order valence-corrected chi connectivity index (χ3v) is 4.80. The summed E-state index contributed by atoms with van der Waals surface area (Å²) in [5.74, 6) is 0.784. The number of aryl methyl sites for hydroxylation is 1. The highest BCUT2D eigenvalue weighted by molar-refractivity contribution is 7.09. The second-order valence-electron chi connectivity index (χ2n) is 5.16. The first kappa shape index (κ1) is 13.3. The molecule has 1 aliphatic rings. The minimum Gasteiger partial charge on any atom is -0.341 e. The summed E-state index contributed by atoms with van der Waals surface area (Å²) in [6, 6.07) is 0. The summed E-state index contributed by atoms with van der Waals surface area (Å²) in [5, 5.41) is 0. The number of aromatic nitrogens is 1. The molecule has 2 rings (SSSR count). The standard InChI is InChI=1S/C13H20N2O2S/c1-9-4-6-14(7-5-9)12(16)8-15-10(2)11(3)18-13(15)17/h9H,4-8H2,1-3H3. The topological polar surface area (TPSA) is 42.3 Å². The van der Waals surface area contributed by atoms with Gasteiger partial charge in [0.05, 0.1) is 0 Å². The van der Waals surface area contributed by atoms with Gasteiger partial charge in [-0.2, -0.15) is 0 Å². The van der Waals surface area contributed by atoms with E-state index in [0.29, 0.717) is 5.92 Å². The number of hydrogen-bond acceptors (Lipinski definition) is 3. The maximum atomic E-state index is 12.2. The van der Waals surface area contributed by atoms with Crippen molar-refractivity contribution in [3.63, 3.8) is 0 Å². The first-order valence-corrected chi connectivity index (χ1v) is 7.25. The van der Waals surface area contributed by atoms with E-state index >= 15 is 0 Å². The fourth-order valence-electron chi connectivity index (χ4n) is 2.26. The smallest absolute Gasteiger partial charge is 0.308 e. The SMILES string of the molecule is Cc1sc(=O)n(CC(=O)N2CCC(C)CC2)c1C. The molecule has 0 spiro atoms. The van der Waals surface area contributed by atoms with Crippen LogP contribution in [0.4, 0.5) is 0 Å². The van der Waals surface area contributed by atoms with E-state index in [-0.39, 0.29) is 17.3 Å². The van der Waals surface area contributed by atoms with Crippen molar-refractivity contribution in [1.82, 2.24) is 9.47 Å². The predicted molar refractivity (Wildman–Crippen MR) is 73.0 cm³/mol. The molecule has 0 radical (unpaired) electrons. The molecule has 2 heterocycles. The number of nitrogens with zero attached hydrogens (tertiary/aromatic N) is 2. The predicted octanol–water partition coefficient (Wildman–Crippen LogP) is 1.79. The summed E-state index contributed by atoms with van der Waals surface area (Å²) in [6.07, 6.45) is 2.14. The minimum absolute atomic E-state index is 0.0243. The van der Waals surface area contributed by atoms with Crippen molar-refractivity contribution in [1.29, 1.82) is 0 Å². The van der Waals surface area contributed by atoms with Crippen LogP contribution in [0, 0.1) is 19.8 Å². The molecule has 4 nitrogen and oxygen atoms in total. The van der Waals surface area contributed by atoms with Gasteiger partial charge in [0.25, 0.3) is 0 Å². The highest BCUT2D eigenvalue weighted by atomic mass is 32.1. The molecule has 0 unspecified atom stereocenters. The van der Waals surface area contributed by atoms with Gasteiger partial charge in [-0.3, -0.25) is 14.2 Å². The lowest BCUT2D eigenvalue weighted by Crippen LogP contribution is -2.40. The number of hydrogen-bond donors (Lipinski definition) is 0. The molecular formula is C13H20N2O2S. The second kappa shape index (κ2) is 5.26. The van der Waals surface area contributed by atoms with E-state index in [1.54, 1.807) is 4.57 Å². The molecular weight excluding hydrogens is 248 g/mol. The normalized spacial score (nSPS) is 17.2. The van der Waals surface area contributed by atoms with E-state index in [9.17, 15) is 9.59 Å². The number of thiazole rings is 1. The highest BCUT2D eigenvalue weighted by Gasteiger charge is 2.21. The Morgan fingerprint density at radius 1 is 1.33 bits per heavy atom. The number of likely N-dealkylation sites (tertiary alicyclic amines) is 1. The molecule has 1 aromatic rings. The molecule has 1 aromatic heterocycles. The Morgan fingerprint density at radius 2 is 1.94 bits per heavy atom. The number of amides is 1. The summed E-state index contributed by atoms with van der Waals surface area (Å²) < 4.78 is 1.60. The number of carbonyl (C=O) groups is 1. The van der Waals surface area contributed by atoms with Crippen LogP contribution in [0.25, 0.3) is 0 Å². The van der Waals surface area contributed by atoms with Crippen molar-refractivity contribution in [3.8, 4) is 0 Å². The molecule has 0 bridgehead atoms. The Bertz CT molecular complexity index is 496. The first-order chi connectivity index (χ1) is 8.49. The van der Waals surface area contributed by atoms with Gasteiger partial charge in [0.1, 0.15) is 6.54 Å². The Hall–Kier alpha value is -1.10. The first-order valence-electron chi connectivity index (χ1n) is 6.43. The van der Waals surface area contributed by atoms with E-state index in [0.717, 1.165) is 36.5 Å². The molecule has 0 atom stereocenters. The van der Waals surface area contributed by atoms with Crippen molar-refractivity contribution in [2.45, 2.75) is 40.2 Å². The second-order valence-corrected chi connectivity index (χ2v) is 6.32. The fourth-order valence-corrected chi connectivity index (χ4v) is 3.09. The molecule has 100 valence electrons. The van der Waals surface area contributed by atoms with Crippen molar-refractivity contribution in [3.05, 3.63) is 20.2 Å². The van der Waals surface area contributed by atoms with Crippen molar-refractivity contribution in [2.75, 3.05) is 13.1 Å². The van der Waals surface area contributed by atoms with Gasteiger partial charge in [-0.1, -0.05) is 18.3 Å². The van der Waals surface area contributed by atoms with Gasteiger partial charge in [0, 0.05) is 23.7 Å². The van der Waals surface area contributed by atoms with Crippen LogP contribution in [0.2, 0.25) is 0 Å².